The second-order valence-electron chi connectivity index (χ2n) is 5.95. The molecule has 6 heteroatoms. The Bertz CT molecular complexity index is 603. The number of sulfonamides is 1. The van der Waals surface area contributed by atoms with Gasteiger partial charge < -0.3 is 4.90 Å². The summed E-state index contributed by atoms with van der Waals surface area (Å²) in [5.41, 5.74) is 0.370. The van der Waals surface area contributed by atoms with E-state index < -0.39 is 15.4 Å². The number of nitrogens with zero attached hydrogens (tertiary/aromatic N) is 2. The molecule has 1 fully saturated rings. The molecule has 0 aromatic heterocycles. The van der Waals surface area contributed by atoms with Crippen molar-refractivity contribution in [3.05, 3.63) is 35.9 Å². The minimum absolute atomic E-state index is 0.0434. The Balaban J connectivity index is 2.09. The Labute approximate surface area is 126 Å². The normalized spacial score (nSPS) is 17.8. The average molecular weight is 310 g/mol. The number of amides is 1. The molecular weight excluding hydrogens is 288 g/mol. The van der Waals surface area contributed by atoms with Crippen LogP contribution in [0, 0.1) is 0 Å². The van der Waals surface area contributed by atoms with Crippen molar-refractivity contribution in [3.8, 4) is 0 Å². The van der Waals surface area contributed by atoms with Crippen molar-refractivity contribution in [1.29, 1.82) is 0 Å². The van der Waals surface area contributed by atoms with E-state index in [0.29, 0.717) is 26.2 Å². The Kier molecular flexibility index (Phi) is 4.39. The lowest BCUT2D eigenvalue weighted by atomic mass is 9.83. The monoisotopic (exact) mass is 310 g/mol. The van der Waals surface area contributed by atoms with Gasteiger partial charge in [-0.15, -0.1) is 0 Å². The third-order valence-corrected chi connectivity index (χ3v) is 5.33. The molecule has 0 spiro atoms. The Morgan fingerprint density at radius 1 is 1.05 bits per heavy atom. The Morgan fingerprint density at radius 3 is 2.05 bits per heavy atom. The molecule has 0 atom stereocenters. The summed E-state index contributed by atoms with van der Waals surface area (Å²) in [4.78, 5) is 14.5. The van der Waals surface area contributed by atoms with Gasteiger partial charge in [0.1, 0.15) is 0 Å². The molecule has 0 N–H and O–H groups in total. The van der Waals surface area contributed by atoms with E-state index in [4.69, 9.17) is 0 Å². The van der Waals surface area contributed by atoms with E-state index in [1.54, 1.807) is 4.90 Å². The predicted molar refractivity (Wildman–Crippen MR) is 82.5 cm³/mol. The number of hydrogen-bond donors (Lipinski definition) is 0. The minimum atomic E-state index is -3.17. The van der Waals surface area contributed by atoms with E-state index >= 15 is 0 Å². The van der Waals surface area contributed by atoms with Gasteiger partial charge in [0, 0.05) is 26.2 Å². The first kappa shape index (κ1) is 16.0. The summed E-state index contributed by atoms with van der Waals surface area (Å²) in [6.07, 6.45) is 1.21. The quantitative estimate of drug-likeness (QED) is 0.839. The molecule has 0 radical (unpaired) electrons. The lowest BCUT2D eigenvalue weighted by Gasteiger charge is -2.37. The highest BCUT2D eigenvalue weighted by atomic mass is 32.2. The maximum absolute atomic E-state index is 12.7. The van der Waals surface area contributed by atoms with E-state index in [1.807, 2.05) is 44.2 Å². The van der Waals surface area contributed by atoms with Gasteiger partial charge in [0.05, 0.1) is 11.7 Å². The SMILES string of the molecule is CC(C)(C(=O)N1CCN(S(C)(=O)=O)CC1)c1ccccc1. The van der Waals surface area contributed by atoms with E-state index in [1.165, 1.54) is 10.6 Å². The molecule has 2 rings (SSSR count). The van der Waals surface area contributed by atoms with Crippen molar-refractivity contribution in [3.63, 3.8) is 0 Å². The Morgan fingerprint density at radius 2 is 1.57 bits per heavy atom. The van der Waals surface area contributed by atoms with E-state index in [2.05, 4.69) is 0 Å². The molecule has 1 aliphatic rings. The van der Waals surface area contributed by atoms with Crippen molar-refractivity contribution in [1.82, 2.24) is 9.21 Å². The molecule has 0 unspecified atom stereocenters. The summed E-state index contributed by atoms with van der Waals surface area (Å²) in [6, 6.07) is 9.67. The van der Waals surface area contributed by atoms with Crippen molar-refractivity contribution in [2.24, 2.45) is 0 Å². The second-order valence-corrected chi connectivity index (χ2v) is 7.93. The number of carbonyl (C=O) groups is 1. The molecule has 0 aliphatic carbocycles. The van der Waals surface area contributed by atoms with Crippen LogP contribution in [0.15, 0.2) is 30.3 Å². The van der Waals surface area contributed by atoms with Gasteiger partial charge in [-0.25, -0.2) is 8.42 Å². The van der Waals surface area contributed by atoms with Crippen LogP contribution in [-0.4, -0.2) is 56.0 Å². The summed E-state index contributed by atoms with van der Waals surface area (Å²) in [6.45, 7) is 5.45. The van der Waals surface area contributed by atoms with Crippen molar-refractivity contribution < 1.29 is 13.2 Å². The highest BCUT2D eigenvalue weighted by Gasteiger charge is 2.36. The fourth-order valence-corrected chi connectivity index (χ4v) is 3.42. The molecule has 1 aromatic rings. The third-order valence-electron chi connectivity index (χ3n) is 4.03. The number of benzene rings is 1. The van der Waals surface area contributed by atoms with Crippen molar-refractivity contribution in [2.75, 3.05) is 32.4 Å². The maximum Gasteiger partial charge on any atom is 0.232 e. The van der Waals surface area contributed by atoms with Crippen LogP contribution in [0.5, 0.6) is 0 Å². The molecule has 0 saturated carbocycles. The predicted octanol–water partition coefficient (Wildman–Crippen LogP) is 1.07. The summed E-state index contributed by atoms with van der Waals surface area (Å²) in [5.74, 6) is 0.0434. The maximum atomic E-state index is 12.7. The van der Waals surface area contributed by atoms with Crippen LogP contribution in [0.25, 0.3) is 0 Å². The average Bonchev–Trinajstić information content (AvgIpc) is 2.46. The molecule has 1 amide bonds. The zero-order valence-electron chi connectivity index (χ0n) is 12.7. The highest BCUT2D eigenvalue weighted by Crippen LogP contribution is 2.26. The van der Waals surface area contributed by atoms with Gasteiger partial charge in [-0.1, -0.05) is 30.3 Å². The Hall–Kier alpha value is -1.40. The van der Waals surface area contributed by atoms with Crippen molar-refractivity contribution >= 4 is 15.9 Å². The topological polar surface area (TPSA) is 57.7 Å². The lowest BCUT2D eigenvalue weighted by Crippen LogP contribution is -2.54. The van der Waals surface area contributed by atoms with E-state index in [0.717, 1.165) is 5.56 Å². The van der Waals surface area contributed by atoms with Crippen molar-refractivity contribution in [2.45, 2.75) is 19.3 Å². The van der Waals surface area contributed by atoms with E-state index in [-0.39, 0.29) is 5.91 Å². The first-order valence-corrected chi connectivity index (χ1v) is 8.88. The highest BCUT2D eigenvalue weighted by molar-refractivity contribution is 7.88. The van der Waals surface area contributed by atoms with E-state index in [9.17, 15) is 13.2 Å². The number of rotatable bonds is 3. The second kappa shape index (κ2) is 5.77. The fourth-order valence-electron chi connectivity index (χ4n) is 2.60. The molecule has 1 heterocycles. The summed E-state index contributed by atoms with van der Waals surface area (Å²) >= 11 is 0. The first-order chi connectivity index (χ1) is 9.73. The van der Waals surface area contributed by atoms with Crippen LogP contribution in [0.4, 0.5) is 0 Å². The summed E-state index contributed by atoms with van der Waals surface area (Å²) in [7, 11) is -3.17. The molecule has 1 aromatic carbocycles. The number of carbonyl (C=O) groups excluding carboxylic acids is 1. The number of piperazine rings is 1. The lowest BCUT2D eigenvalue weighted by molar-refractivity contribution is -0.137. The van der Waals surface area contributed by atoms with Gasteiger partial charge in [-0.3, -0.25) is 4.79 Å². The molecular formula is C15H22N2O3S. The molecule has 1 saturated heterocycles. The van der Waals surface area contributed by atoms with Crippen LogP contribution < -0.4 is 0 Å². The van der Waals surface area contributed by atoms with Gasteiger partial charge in [-0.05, 0) is 19.4 Å². The zero-order chi connectivity index (χ0) is 15.7. The van der Waals surface area contributed by atoms with Gasteiger partial charge >= 0.3 is 0 Å². The van der Waals surface area contributed by atoms with Gasteiger partial charge in [0.2, 0.25) is 15.9 Å². The molecule has 116 valence electrons. The molecule has 0 bridgehead atoms. The fraction of sp³-hybridized carbons (Fsp3) is 0.533. The van der Waals surface area contributed by atoms with Gasteiger partial charge in [-0.2, -0.15) is 4.31 Å². The smallest absolute Gasteiger partial charge is 0.232 e. The third kappa shape index (κ3) is 3.44. The first-order valence-electron chi connectivity index (χ1n) is 7.03. The largest absolute Gasteiger partial charge is 0.339 e. The van der Waals surface area contributed by atoms with Crippen LogP contribution in [0.1, 0.15) is 19.4 Å². The van der Waals surface area contributed by atoms with Gasteiger partial charge in [0.25, 0.3) is 0 Å². The van der Waals surface area contributed by atoms with Crippen LogP contribution >= 0.6 is 0 Å². The van der Waals surface area contributed by atoms with Crippen LogP contribution in [0.2, 0.25) is 0 Å². The molecule has 5 nitrogen and oxygen atoms in total. The van der Waals surface area contributed by atoms with Gasteiger partial charge in [0.15, 0.2) is 0 Å². The number of hydrogen-bond acceptors (Lipinski definition) is 3. The molecule has 1 aliphatic heterocycles. The zero-order valence-corrected chi connectivity index (χ0v) is 13.6. The standard InChI is InChI=1S/C15H22N2O3S/c1-15(2,13-7-5-4-6-8-13)14(18)16-9-11-17(12-10-16)21(3,19)20/h4-8H,9-12H2,1-3H3. The summed E-state index contributed by atoms with van der Waals surface area (Å²) < 4.78 is 24.4. The molecule has 21 heavy (non-hydrogen) atoms. The minimum Gasteiger partial charge on any atom is -0.339 e. The van der Waals surface area contributed by atoms with Crippen LogP contribution in [-0.2, 0) is 20.2 Å². The summed E-state index contributed by atoms with van der Waals surface area (Å²) in [5, 5.41) is 0. The van der Waals surface area contributed by atoms with Crippen LogP contribution in [0.3, 0.4) is 0 Å².